The molecule has 7 heteroatoms. The molecule has 0 spiro atoms. The Bertz CT molecular complexity index is 972. The van der Waals surface area contributed by atoms with Crippen molar-refractivity contribution in [1.82, 2.24) is 25.2 Å². The summed E-state index contributed by atoms with van der Waals surface area (Å²) >= 11 is 0. The van der Waals surface area contributed by atoms with Crippen molar-refractivity contribution in [3.8, 4) is 5.75 Å². The van der Waals surface area contributed by atoms with E-state index in [0.29, 0.717) is 12.6 Å². The molecule has 1 saturated carbocycles. The Morgan fingerprint density at radius 1 is 1.22 bits per heavy atom. The van der Waals surface area contributed by atoms with E-state index in [1.807, 2.05) is 29.8 Å². The number of hydrogen-bond acceptors (Lipinski definition) is 5. The van der Waals surface area contributed by atoms with Gasteiger partial charge in [0.25, 0.3) is 0 Å². The number of pyridine rings is 1. The molecule has 1 N–H and O–H groups in total. The van der Waals surface area contributed by atoms with Crippen molar-refractivity contribution >= 4 is 10.9 Å². The molecular weight excluding hydrogens is 342 g/mol. The lowest BCUT2D eigenvalue weighted by atomic mass is 9.95. The van der Waals surface area contributed by atoms with Gasteiger partial charge in [-0.05, 0) is 60.4 Å². The van der Waals surface area contributed by atoms with Crippen molar-refractivity contribution in [2.75, 3.05) is 6.61 Å². The van der Waals surface area contributed by atoms with Crippen LogP contribution >= 0.6 is 0 Å². The van der Waals surface area contributed by atoms with E-state index in [4.69, 9.17) is 4.74 Å². The average molecular weight is 367 g/mol. The van der Waals surface area contributed by atoms with Gasteiger partial charge in [0.2, 0.25) is 5.56 Å². The second-order valence-electron chi connectivity index (χ2n) is 7.31. The average Bonchev–Trinajstić information content (AvgIpc) is 3.15. The Kier molecular flexibility index (Phi) is 5.18. The number of hydrogen-bond donors (Lipinski definition) is 1. The third kappa shape index (κ3) is 4.02. The van der Waals surface area contributed by atoms with Gasteiger partial charge in [-0.1, -0.05) is 19.3 Å². The smallest absolute Gasteiger partial charge is 0.248 e. The fourth-order valence-electron chi connectivity index (χ4n) is 3.90. The molecule has 0 atom stereocenters. The number of aryl methyl sites for hydroxylation is 2. The highest BCUT2D eigenvalue weighted by Gasteiger charge is 2.19. The van der Waals surface area contributed by atoms with Crippen molar-refractivity contribution in [2.24, 2.45) is 0 Å². The van der Waals surface area contributed by atoms with Crippen molar-refractivity contribution in [1.29, 1.82) is 0 Å². The number of aromatic amines is 1. The van der Waals surface area contributed by atoms with Gasteiger partial charge >= 0.3 is 0 Å². The summed E-state index contributed by atoms with van der Waals surface area (Å²) in [6.07, 6.45) is 7.86. The van der Waals surface area contributed by atoms with Crippen LogP contribution in [0.3, 0.4) is 0 Å². The Morgan fingerprint density at radius 2 is 2.07 bits per heavy atom. The number of benzene rings is 1. The number of aromatic nitrogens is 5. The minimum Gasteiger partial charge on any atom is -0.494 e. The van der Waals surface area contributed by atoms with Crippen LogP contribution in [0.25, 0.3) is 10.9 Å². The second kappa shape index (κ2) is 7.90. The van der Waals surface area contributed by atoms with Crippen LogP contribution in [0.4, 0.5) is 0 Å². The largest absolute Gasteiger partial charge is 0.494 e. The highest BCUT2D eigenvalue weighted by molar-refractivity contribution is 5.83. The molecule has 2 aromatic heterocycles. The van der Waals surface area contributed by atoms with E-state index in [1.165, 1.54) is 32.1 Å². The van der Waals surface area contributed by atoms with Gasteiger partial charge in [-0.2, -0.15) is 0 Å². The number of fused-ring (bicyclic) bond motifs is 1. The van der Waals surface area contributed by atoms with Crippen molar-refractivity contribution in [3.05, 3.63) is 46.0 Å². The van der Waals surface area contributed by atoms with E-state index in [2.05, 4.69) is 20.5 Å². The first kappa shape index (κ1) is 17.7. The van der Waals surface area contributed by atoms with Crippen LogP contribution in [0.2, 0.25) is 0 Å². The maximum absolute atomic E-state index is 11.5. The summed E-state index contributed by atoms with van der Waals surface area (Å²) in [6.45, 7) is 2.54. The lowest BCUT2D eigenvalue weighted by Gasteiger charge is -2.22. The molecule has 0 saturated heterocycles. The second-order valence-corrected chi connectivity index (χ2v) is 7.31. The Balaban J connectivity index is 1.35. The Morgan fingerprint density at radius 3 is 2.93 bits per heavy atom. The van der Waals surface area contributed by atoms with Gasteiger partial charge in [0.1, 0.15) is 5.75 Å². The summed E-state index contributed by atoms with van der Waals surface area (Å²) in [4.78, 5) is 14.4. The predicted molar refractivity (Wildman–Crippen MR) is 103 cm³/mol. The summed E-state index contributed by atoms with van der Waals surface area (Å²) in [6, 6.07) is 7.83. The number of ether oxygens (including phenoxy) is 1. The van der Waals surface area contributed by atoms with Crippen LogP contribution in [0.1, 0.15) is 56.0 Å². The molecule has 0 aliphatic heterocycles. The lowest BCUT2D eigenvalue weighted by molar-refractivity contribution is 0.298. The topological polar surface area (TPSA) is 85.7 Å². The van der Waals surface area contributed by atoms with Crippen LogP contribution in [0.15, 0.2) is 29.1 Å². The molecule has 0 radical (unpaired) electrons. The predicted octanol–water partition coefficient (Wildman–Crippen LogP) is 3.34. The molecule has 0 unspecified atom stereocenters. The highest BCUT2D eigenvalue weighted by atomic mass is 16.5. The molecule has 0 amide bonds. The summed E-state index contributed by atoms with van der Waals surface area (Å²) in [7, 11) is 0. The van der Waals surface area contributed by atoms with Crippen molar-refractivity contribution in [3.63, 3.8) is 0 Å². The van der Waals surface area contributed by atoms with E-state index in [-0.39, 0.29) is 5.56 Å². The maximum Gasteiger partial charge on any atom is 0.248 e. The van der Waals surface area contributed by atoms with Gasteiger partial charge < -0.3 is 9.72 Å². The molecule has 142 valence electrons. The molecule has 2 heterocycles. The van der Waals surface area contributed by atoms with Crippen LogP contribution in [-0.2, 0) is 6.42 Å². The van der Waals surface area contributed by atoms with E-state index < -0.39 is 0 Å². The molecule has 1 aromatic carbocycles. The minimum absolute atomic E-state index is 0.0793. The maximum atomic E-state index is 11.5. The molecule has 3 aromatic rings. The van der Waals surface area contributed by atoms with E-state index in [1.54, 1.807) is 6.07 Å². The number of nitrogens with zero attached hydrogens (tertiary/aromatic N) is 4. The Hall–Kier alpha value is -2.70. The van der Waals surface area contributed by atoms with Crippen LogP contribution in [0.5, 0.6) is 5.75 Å². The Labute approximate surface area is 157 Å². The van der Waals surface area contributed by atoms with Gasteiger partial charge in [0.05, 0.1) is 12.6 Å². The van der Waals surface area contributed by atoms with Crippen molar-refractivity contribution < 1.29 is 4.74 Å². The molecule has 1 aliphatic carbocycles. The summed E-state index contributed by atoms with van der Waals surface area (Å²) in [5.41, 5.74) is 1.70. The molecule has 4 rings (SSSR count). The summed E-state index contributed by atoms with van der Waals surface area (Å²) < 4.78 is 7.94. The summed E-state index contributed by atoms with van der Waals surface area (Å²) in [5, 5.41) is 13.3. The standard InChI is InChI=1S/C20H25N5O2/c1-14-12-20(26)21-18-10-9-16(13-17(14)18)27-11-5-8-19-22-23-24-25(19)15-6-3-2-4-7-15/h9-10,12-13,15H,2-8,11H2,1H3,(H,21,26). The molecule has 1 aliphatic rings. The van der Waals surface area contributed by atoms with Gasteiger partial charge in [-0.25, -0.2) is 4.68 Å². The fraction of sp³-hybridized carbons (Fsp3) is 0.500. The minimum atomic E-state index is -0.0793. The van der Waals surface area contributed by atoms with E-state index in [0.717, 1.165) is 40.9 Å². The summed E-state index contributed by atoms with van der Waals surface area (Å²) in [5.74, 6) is 1.77. The first-order valence-electron chi connectivity index (χ1n) is 9.74. The zero-order chi connectivity index (χ0) is 18.6. The van der Waals surface area contributed by atoms with Gasteiger partial charge in [0, 0.05) is 23.4 Å². The first-order valence-corrected chi connectivity index (χ1v) is 9.74. The number of tetrazole rings is 1. The highest BCUT2D eigenvalue weighted by Crippen LogP contribution is 2.28. The number of H-pyrrole nitrogens is 1. The third-order valence-electron chi connectivity index (χ3n) is 5.32. The van der Waals surface area contributed by atoms with Crippen LogP contribution in [-0.4, -0.2) is 31.8 Å². The zero-order valence-corrected chi connectivity index (χ0v) is 15.6. The first-order chi connectivity index (χ1) is 13.2. The molecule has 0 bridgehead atoms. The van der Waals surface area contributed by atoms with Gasteiger partial charge in [-0.3, -0.25) is 4.79 Å². The number of rotatable bonds is 6. The van der Waals surface area contributed by atoms with E-state index >= 15 is 0 Å². The number of nitrogens with one attached hydrogen (secondary N) is 1. The molecule has 1 fully saturated rings. The molecule has 7 nitrogen and oxygen atoms in total. The SMILES string of the molecule is Cc1cc(=O)[nH]c2ccc(OCCCc3nnnn3C3CCCCC3)cc12. The van der Waals surface area contributed by atoms with Gasteiger partial charge in [0.15, 0.2) is 5.82 Å². The lowest BCUT2D eigenvalue weighted by Crippen LogP contribution is -2.17. The zero-order valence-electron chi connectivity index (χ0n) is 15.6. The van der Waals surface area contributed by atoms with Crippen LogP contribution < -0.4 is 10.3 Å². The van der Waals surface area contributed by atoms with Crippen molar-refractivity contribution in [2.45, 2.75) is 57.9 Å². The molecule has 27 heavy (non-hydrogen) atoms. The monoisotopic (exact) mass is 367 g/mol. The van der Waals surface area contributed by atoms with Gasteiger partial charge in [-0.15, -0.1) is 5.10 Å². The quantitative estimate of drug-likeness (QED) is 0.675. The molecular formula is C20H25N5O2. The fourth-order valence-corrected chi connectivity index (χ4v) is 3.90. The van der Waals surface area contributed by atoms with Crippen LogP contribution in [0, 0.1) is 6.92 Å². The van der Waals surface area contributed by atoms with E-state index in [9.17, 15) is 4.79 Å². The third-order valence-corrected chi connectivity index (χ3v) is 5.32. The normalized spacial score (nSPS) is 15.3.